The van der Waals surface area contributed by atoms with E-state index in [2.05, 4.69) is 18.2 Å². The fraction of sp³-hybridized carbons (Fsp3) is 0.400. The molecule has 0 unspecified atom stereocenters. The number of aryl methyl sites for hydroxylation is 1. The van der Waals surface area contributed by atoms with Crippen molar-refractivity contribution in [3.8, 4) is 5.75 Å². The van der Waals surface area contributed by atoms with Crippen molar-refractivity contribution in [1.82, 2.24) is 0 Å². The Bertz CT molecular complexity index is 854. The molecule has 0 aromatic heterocycles. The Morgan fingerprint density at radius 3 is 2.79 bits per heavy atom. The maximum Gasteiger partial charge on any atom is 0.312 e. The number of carbonyl (C=O) groups excluding carboxylic acids is 2. The molecule has 24 heavy (non-hydrogen) atoms. The highest BCUT2D eigenvalue weighted by molar-refractivity contribution is 5.95. The fourth-order valence-electron chi connectivity index (χ4n) is 4.63. The molecule has 0 radical (unpaired) electrons. The van der Waals surface area contributed by atoms with Crippen molar-refractivity contribution in [3.63, 3.8) is 0 Å². The lowest BCUT2D eigenvalue weighted by Crippen LogP contribution is -2.38. The maximum atomic E-state index is 12.5. The Morgan fingerprint density at radius 1 is 1.21 bits per heavy atom. The van der Waals surface area contributed by atoms with Crippen molar-refractivity contribution in [3.05, 3.63) is 41.5 Å². The molecule has 2 aromatic carbocycles. The Balaban J connectivity index is 1.88. The van der Waals surface area contributed by atoms with E-state index in [1.165, 1.54) is 18.1 Å². The first-order chi connectivity index (χ1) is 11.6. The topological polar surface area (TPSA) is 52.6 Å². The normalized spacial score (nSPS) is 25.2. The maximum absolute atomic E-state index is 12.5. The van der Waals surface area contributed by atoms with E-state index < -0.39 is 5.41 Å². The lowest BCUT2D eigenvalue weighted by molar-refractivity contribution is -0.154. The average molecular weight is 324 g/mol. The molecule has 0 aliphatic heterocycles. The Labute approximate surface area is 140 Å². The molecule has 0 spiro atoms. The molecule has 2 atom stereocenters. The molecule has 0 amide bonds. The first kappa shape index (κ1) is 15.2. The molecule has 2 aliphatic carbocycles. The van der Waals surface area contributed by atoms with Crippen LogP contribution >= 0.6 is 0 Å². The summed E-state index contributed by atoms with van der Waals surface area (Å²) in [5.41, 5.74) is 1.73. The van der Waals surface area contributed by atoms with Gasteiger partial charge in [-0.3, -0.25) is 9.59 Å². The van der Waals surface area contributed by atoms with Crippen LogP contribution in [0.15, 0.2) is 30.3 Å². The lowest BCUT2D eigenvalue weighted by atomic mass is 9.65. The third-order valence-corrected chi connectivity index (χ3v) is 5.77. The van der Waals surface area contributed by atoms with Crippen LogP contribution in [0.4, 0.5) is 0 Å². The Hall–Kier alpha value is -2.36. The van der Waals surface area contributed by atoms with Crippen LogP contribution in [-0.2, 0) is 20.7 Å². The zero-order chi connectivity index (χ0) is 16.9. The standard InChI is InChI=1S/C20H20O4/c1-23-14-4-6-15-12(9-14)3-5-17-16(15)7-8-20(19(22)24-2)11-13(21)10-18(17)20/h3-6,9,18H,7-8,10-11H2,1-2H3/t18-,20-/m0/s1. The number of ether oxygens (including phenoxy) is 2. The summed E-state index contributed by atoms with van der Waals surface area (Å²) in [6, 6.07) is 10.2. The van der Waals surface area contributed by atoms with Gasteiger partial charge in [0.25, 0.3) is 0 Å². The van der Waals surface area contributed by atoms with Crippen molar-refractivity contribution in [2.75, 3.05) is 14.2 Å². The van der Waals surface area contributed by atoms with Crippen LogP contribution in [0.25, 0.3) is 10.8 Å². The molecule has 0 bridgehead atoms. The van der Waals surface area contributed by atoms with E-state index in [4.69, 9.17) is 9.47 Å². The Morgan fingerprint density at radius 2 is 2.04 bits per heavy atom. The summed E-state index contributed by atoms with van der Waals surface area (Å²) < 4.78 is 10.4. The molecule has 0 N–H and O–H groups in total. The summed E-state index contributed by atoms with van der Waals surface area (Å²) in [7, 11) is 3.08. The predicted octanol–water partition coefficient (Wildman–Crippen LogP) is 3.40. The molecule has 0 saturated heterocycles. The largest absolute Gasteiger partial charge is 0.497 e. The number of carbonyl (C=O) groups is 2. The van der Waals surface area contributed by atoms with Gasteiger partial charge in [0, 0.05) is 18.8 Å². The number of hydrogen-bond donors (Lipinski definition) is 0. The summed E-state index contributed by atoms with van der Waals surface area (Å²) in [5.74, 6) is 0.692. The minimum atomic E-state index is -0.668. The molecule has 2 aliphatic rings. The molecular weight excluding hydrogens is 304 g/mol. The lowest BCUT2D eigenvalue weighted by Gasteiger charge is -2.38. The van der Waals surface area contributed by atoms with Gasteiger partial charge < -0.3 is 9.47 Å². The van der Waals surface area contributed by atoms with Gasteiger partial charge in [-0.15, -0.1) is 0 Å². The highest BCUT2D eigenvalue weighted by Crippen LogP contribution is 2.56. The molecule has 0 heterocycles. The van der Waals surface area contributed by atoms with E-state index in [0.717, 1.165) is 23.1 Å². The molecule has 2 aromatic rings. The monoisotopic (exact) mass is 324 g/mol. The number of benzene rings is 2. The van der Waals surface area contributed by atoms with Crippen molar-refractivity contribution in [2.24, 2.45) is 5.41 Å². The van der Waals surface area contributed by atoms with Gasteiger partial charge in [-0.05, 0) is 46.9 Å². The average Bonchev–Trinajstić information content (AvgIpc) is 2.97. The van der Waals surface area contributed by atoms with Crippen molar-refractivity contribution >= 4 is 22.5 Å². The first-order valence-electron chi connectivity index (χ1n) is 8.29. The molecule has 4 rings (SSSR count). The minimum absolute atomic E-state index is 0.0623. The summed E-state index contributed by atoms with van der Waals surface area (Å²) in [4.78, 5) is 24.6. The summed E-state index contributed by atoms with van der Waals surface area (Å²) in [6.45, 7) is 0. The molecule has 4 heteroatoms. The number of ketones is 1. The number of methoxy groups -OCH3 is 2. The number of esters is 1. The van der Waals surface area contributed by atoms with Gasteiger partial charge in [0.15, 0.2) is 0 Å². The highest BCUT2D eigenvalue weighted by atomic mass is 16.5. The zero-order valence-corrected chi connectivity index (χ0v) is 13.9. The molecule has 4 nitrogen and oxygen atoms in total. The SMILES string of the molecule is COC(=O)[C@]12CCc3c(ccc4cc(OC)ccc34)[C@@H]1CC(=O)C2. The number of hydrogen-bond acceptors (Lipinski definition) is 4. The van der Waals surface area contributed by atoms with E-state index in [0.29, 0.717) is 19.3 Å². The first-order valence-corrected chi connectivity index (χ1v) is 8.29. The van der Waals surface area contributed by atoms with Crippen LogP contribution in [0, 0.1) is 5.41 Å². The van der Waals surface area contributed by atoms with Crippen LogP contribution in [0.3, 0.4) is 0 Å². The highest BCUT2D eigenvalue weighted by Gasteiger charge is 2.55. The Kier molecular flexibility index (Phi) is 3.37. The smallest absolute Gasteiger partial charge is 0.312 e. The molecule has 1 saturated carbocycles. The van der Waals surface area contributed by atoms with Crippen molar-refractivity contribution in [2.45, 2.75) is 31.6 Å². The van der Waals surface area contributed by atoms with E-state index in [-0.39, 0.29) is 17.7 Å². The van der Waals surface area contributed by atoms with Gasteiger partial charge >= 0.3 is 5.97 Å². The number of rotatable bonds is 2. The third-order valence-electron chi connectivity index (χ3n) is 5.77. The second-order valence-electron chi connectivity index (χ2n) is 6.84. The molecular formula is C20H20O4. The molecule has 1 fully saturated rings. The summed E-state index contributed by atoms with van der Waals surface area (Å²) in [5, 5.41) is 2.31. The third kappa shape index (κ3) is 1.98. The van der Waals surface area contributed by atoms with Crippen LogP contribution in [0.1, 0.15) is 36.3 Å². The molecule has 124 valence electrons. The van der Waals surface area contributed by atoms with Gasteiger partial charge in [0.1, 0.15) is 11.5 Å². The summed E-state index contributed by atoms with van der Waals surface area (Å²) >= 11 is 0. The predicted molar refractivity (Wildman–Crippen MR) is 90.3 cm³/mol. The van der Waals surface area contributed by atoms with Gasteiger partial charge in [-0.1, -0.05) is 18.2 Å². The quantitative estimate of drug-likeness (QED) is 0.795. The van der Waals surface area contributed by atoms with Crippen LogP contribution in [0.2, 0.25) is 0 Å². The number of Topliss-reactive ketones (excluding diaryl/α,β-unsaturated/α-hetero) is 1. The van der Waals surface area contributed by atoms with Gasteiger partial charge in [-0.2, -0.15) is 0 Å². The second kappa shape index (κ2) is 5.33. The van der Waals surface area contributed by atoms with E-state index in [1.54, 1.807) is 7.11 Å². The van der Waals surface area contributed by atoms with Gasteiger partial charge in [0.2, 0.25) is 0 Å². The van der Waals surface area contributed by atoms with Crippen molar-refractivity contribution < 1.29 is 19.1 Å². The zero-order valence-electron chi connectivity index (χ0n) is 13.9. The van der Waals surface area contributed by atoms with Gasteiger partial charge in [0.05, 0.1) is 19.6 Å². The van der Waals surface area contributed by atoms with Gasteiger partial charge in [-0.25, -0.2) is 0 Å². The number of fused-ring (bicyclic) bond motifs is 5. The van der Waals surface area contributed by atoms with Crippen LogP contribution in [-0.4, -0.2) is 26.0 Å². The summed E-state index contributed by atoms with van der Waals surface area (Å²) in [6.07, 6.45) is 2.21. The van der Waals surface area contributed by atoms with E-state index >= 15 is 0 Å². The van der Waals surface area contributed by atoms with Crippen LogP contribution in [0.5, 0.6) is 5.75 Å². The minimum Gasteiger partial charge on any atom is -0.497 e. The fourth-order valence-corrected chi connectivity index (χ4v) is 4.63. The van der Waals surface area contributed by atoms with Crippen LogP contribution < -0.4 is 4.74 Å². The van der Waals surface area contributed by atoms with E-state index in [1.807, 2.05) is 12.1 Å². The second-order valence-corrected chi connectivity index (χ2v) is 6.84. The van der Waals surface area contributed by atoms with E-state index in [9.17, 15) is 9.59 Å². The van der Waals surface area contributed by atoms with Crippen molar-refractivity contribution in [1.29, 1.82) is 0 Å².